The lowest BCUT2D eigenvalue weighted by Gasteiger charge is -2.08. The van der Waals surface area contributed by atoms with Gasteiger partial charge >= 0.3 is 5.97 Å². The van der Waals surface area contributed by atoms with Gasteiger partial charge in [-0.3, -0.25) is 0 Å². The number of carboxylic acid groups (broad SMARTS) is 1. The van der Waals surface area contributed by atoms with Gasteiger partial charge in [0.25, 0.3) is 0 Å². The normalized spacial score (nSPS) is 10.7. The monoisotopic (exact) mass is 298 g/mol. The number of carboxylic acids is 1. The van der Waals surface area contributed by atoms with E-state index in [1.165, 1.54) is 4.68 Å². The van der Waals surface area contributed by atoms with Gasteiger partial charge in [-0.05, 0) is 31.0 Å². The molecule has 0 aliphatic carbocycles. The minimum atomic E-state index is -1.08. The third-order valence-electron chi connectivity index (χ3n) is 2.92. The van der Waals surface area contributed by atoms with Crippen LogP contribution in [0.15, 0.2) is 18.2 Å². The van der Waals surface area contributed by atoms with Gasteiger partial charge < -0.3 is 5.11 Å². The number of halogens is 2. The minimum absolute atomic E-state index is 0.0449. The molecule has 1 aromatic heterocycles. The number of nitrogens with zero attached hydrogens (tertiary/aromatic N) is 2. The van der Waals surface area contributed by atoms with Crippen molar-refractivity contribution in [2.24, 2.45) is 0 Å². The molecule has 0 radical (unpaired) electrons. The zero-order valence-corrected chi connectivity index (χ0v) is 12.0. The molecule has 0 saturated heterocycles. The molecule has 0 aliphatic rings. The summed E-state index contributed by atoms with van der Waals surface area (Å²) in [6.45, 7) is 3.67. The van der Waals surface area contributed by atoms with Crippen LogP contribution in [0.5, 0.6) is 0 Å². The van der Waals surface area contributed by atoms with E-state index in [1.54, 1.807) is 18.2 Å². The Balaban J connectivity index is 2.70. The van der Waals surface area contributed by atoms with E-state index in [0.29, 0.717) is 22.8 Å². The Bertz CT molecular complexity index is 650. The van der Waals surface area contributed by atoms with Crippen LogP contribution in [0.1, 0.15) is 28.5 Å². The Morgan fingerprint density at radius 3 is 2.63 bits per heavy atom. The zero-order chi connectivity index (χ0) is 14.2. The van der Waals surface area contributed by atoms with Crippen LogP contribution < -0.4 is 0 Å². The van der Waals surface area contributed by atoms with Gasteiger partial charge in [-0.2, -0.15) is 5.10 Å². The first kappa shape index (κ1) is 13.9. The van der Waals surface area contributed by atoms with Crippen molar-refractivity contribution in [1.82, 2.24) is 9.78 Å². The molecule has 0 unspecified atom stereocenters. The van der Waals surface area contributed by atoms with Gasteiger partial charge in [0.2, 0.25) is 0 Å². The molecule has 0 amide bonds. The van der Waals surface area contributed by atoms with Gasteiger partial charge in [0.05, 0.1) is 11.4 Å². The lowest BCUT2D eigenvalue weighted by molar-refractivity contribution is 0.0696. The number of carbonyl (C=O) groups is 1. The molecule has 0 spiro atoms. The van der Waals surface area contributed by atoms with Gasteiger partial charge in [0.15, 0.2) is 0 Å². The maximum absolute atomic E-state index is 11.2. The summed E-state index contributed by atoms with van der Waals surface area (Å²) < 4.78 is 1.42. The number of hydrogen-bond acceptors (Lipinski definition) is 2. The van der Waals surface area contributed by atoms with Crippen molar-refractivity contribution in [2.45, 2.75) is 20.3 Å². The SMILES string of the molecule is CCc1nn(-c2cccc(Cl)c2C)c(Cl)c1C(=O)O. The molecule has 1 N–H and O–H groups in total. The first-order valence-electron chi connectivity index (χ1n) is 5.73. The van der Waals surface area contributed by atoms with Crippen molar-refractivity contribution in [1.29, 1.82) is 0 Å². The zero-order valence-electron chi connectivity index (χ0n) is 10.4. The van der Waals surface area contributed by atoms with E-state index < -0.39 is 5.97 Å². The van der Waals surface area contributed by atoms with Crippen molar-refractivity contribution in [3.63, 3.8) is 0 Å². The minimum Gasteiger partial charge on any atom is -0.478 e. The summed E-state index contributed by atoms with van der Waals surface area (Å²) >= 11 is 12.2. The molecule has 1 aromatic carbocycles. The smallest absolute Gasteiger partial charge is 0.340 e. The summed E-state index contributed by atoms with van der Waals surface area (Å²) in [5.41, 5.74) is 1.98. The largest absolute Gasteiger partial charge is 0.478 e. The number of benzene rings is 1. The fourth-order valence-electron chi connectivity index (χ4n) is 1.88. The molecule has 0 atom stereocenters. The molecule has 0 aliphatic heterocycles. The van der Waals surface area contributed by atoms with Crippen LogP contribution in [-0.2, 0) is 6.42 Å². The van der Waals surface area contributed by atoms with Crippen LogP contribution in [0.4, 0.5) is 0 Å². The van der Waals surface area contributed by atoms with Gasteiger partial charge in [-0.1, -0.05) is 36.2 Å². The third-order valence-corrected chi connectivity index (χ3v) is 3.68. The number of aromatic carboxylic acids is 1. The fraction of sp³-hybridized carbons (Fsp3) is 0.231. The summed E-state index contributed by atoms with van der Waals surface area (Å²) in [7, 11) is 0. The number of rotatable bonds is 3. The van der Waals surface area contributed by atoms with Gasteiger partial charge in [0, 0.05) is 5.02 Å². The van der Waals surface area contributed by atoms with Gasteiger partial charge in [-0.25, -0.2) is 9.48 Å². The van der Waals surface area contributed by atoms with Crippen LogP contribution in [0.2, 0.25) is 10.2 Å². The predicted octanol–water partition coefficient (Wildman–Crippen LogP) is 3.75. The van der Waals surface area contributed by atoms with E-state index in [2.05, 4.69) is 5.10 Å². The van der Waals surface area contributed by atoms with E-state index in [4.69, 9.17) is 23.2 Å². The van der Waals surface area contributed by atoms with E-state index >= 15 is 0 Å². The maximum Gasteiger partial charge on any atom is 0.340 e. The quantitative estimate of drug-likeness (QED) is 0.939. The number of aryl methyl sites for hydroxylation is 1. The summed E-state index contributed by atoms with van der Waals surface area (Å²) in [6, 6.07) is 5.33. The Kier molecular flexibility index (Phi) is 3.83. The van der Waals surface area contributed by atoms with Crippen molar-refractivity contribution in [3.05, 3.63) is 45.2 Å². The molecule has 0 bridgehead atoms. The molecule has 19 heavy (non-hydrogen) atoms. The van der Waals surface area contributed by atoms with Crippen LogP contribution in [0.3, 0.4) is 0 Å². The van der Waals surface area contributed by atoms with E-state index in [0.717, 1.165) is 5.56 Å². The molecular weight excluding hydrogens is 287 g/mol. The summed E-state index contributed by atoms with van der Waals surface area (Å²) in [4.78, 5) is 11.2. The average Bonchev–Trinajstić information content (AvgIpc) is 2.70. The van der Waals surface area contributed by atoms with Crippen LogP contribution in [0, 0.1) is 6.92 Å². The highest BCUT2D eigenvalue weighted by Gasteiger charge is 2.22. The second-order valence-electron chi connectivity index (χ2n) is 4.07. The first-order valence-corrected chi connectivity index (χ1v) is 6.49. The van der Waals surface area contributed by atoms with Crippen molar-refractivity contribution in [3.8, 4) is 5.69 Å². The second kappa shape index (κ2) is 5.23. The summed E-state index contributed by atoms with van der Waals surface area (Å²) in [5, 5.41) is 14.1. The third kappa shape index (κ3) is 2.33. The summed E-state index contributed by atoms with van der Waals surface area (Å²) in [6.07, 6.45) is 0.494. The predicted molar refractivity (Wildman–Crippen MR) is 74.7 cm³/mol. The first-order chi connectivity index (χ1) is 8.97. The fourth-order valence-corrected chi connectivity index (χ4v) is 2.37. The Morgan fingerprint density at radius 2 is 2.11 bits per heavy atom. The molecule has 0 saturated carbocycles. The van der Waals surface area contributed by atoms with E-state index in [-0.39, 0.29) is 10.7 Å². The molecule has 6 heteroatoms. The number of aromatic nitrogens is 2. The maximum atomic E-state index is 11.2. The summed E-state index contributed by atoms with van der Waals surface area (Å²) in [5.74, 6) is -1.08. The van der Waals surface area contributed by atoms with Crippen molar-refractivity contribution < 1.29 is 9.90 Å². The van der Waals surface area contributed by atoms with E-state index in [9.17, 15) is 9.90 Å². The highest BCUT2D eigenvalue weighted by atomic mass is 35.5. The molecule has 0 fully saturated rings. The molecule has 2 rings (SSSR count). The lowest BCUT2D eigenvalue weighted by atomic mass is 10.2. The number of hydrogen-bond donors (Lipinski definition) is 1. The molecule has 2 aromatic rings. The van der Waals surface area contributed by atoms with E-state index in [1.807, 2.05) is 13.8 Å². The van der Waals surface area contributed by atoms with Crippen molar-refractivity contribution >= 4 is 29.2 Å². The Morgan fingerprint density at radius 1 is 1.42 bits per heavy atom. The topological polar surface area (TPSA) is 55.1 Å². The molecule has 100 valence electrons. The Hall–Kier alpha value is -1.52. The molecule has 4 nitrogen and oxygen atoms in total. The second-order valence-corrected chi connectivity index (χ2v) is 4.83. The highest BCUT2D eigenvalue weighted by molar-refractivity contribution is 6.33. The standard InChI is InChI=1S/C13H12Cl2N2O2/c1-3-9-11(13(18)19)12(15)17(16-9)10-6-4-5-8(14)7(10)2/h4-6H,3H2,1-2H3,(H,18,19). The molecule has 1 heterocycles. The van der Waals surface area contributed by atoms with Crippen LogP contribution in [-0.4, -0.2) is 20.9 Å². The van der Waals surface area contributed by atoms with Crippen LogP contribution in [0.25, 0.3) is 5.69 Å². The lowest BCUT2D eigenvalue weighted by Crippen LogP contribution is -2.01. The van der Waals surface area contributed by atoms with Gasteiger partial charge in [0.1, 0.15) is 10.7 Å². The molecular formula is C13H12Cl2N2O2. The van der Waals surface area contributed by atoms with Gasteiger partial charge in [-0.15, -0.1) is 0 Å². The van der Waals surface area contributed by atoms with Crippen LogP contribution >= 0.6 is 23.2 Å². The highest BCUT2D eigenvalue weighted by Crippen LogP contribution is 2.28. The average molecular weight is 299 g/mol. The van der Waals surface area contributed by atoms with Crippen molar-refractivity contribution in [2.75, 3.05) is 0 Å². The Labute approximate surface area is 120 Å².